The summed E-state index contributed by atoms with van der Waals surface area (Å²) in [5.41, 5.74) is 1.01. The first-order chi connectivity index (χ1) is 11.2. The highest BCUT2D eigenvalue weighted by molar-refractivity contribution is 5.96. The number of piperidine rings is 3. The van der Waals surface area contributed by atoms with Gasteiger partial charge in [-0.05, 0) is 55.4 Å². The van der Waals surface area contributed by atoms with Gasteiger partial charge in [-0.2, -0.15) is 5.26 Å². The van der Waals surface area contributed by atoms with Gasteiger partial charge in [-0.15, -0.1) is 0 Å². The molecule has 5 nitrogen and oxygen atoms in total. The Labute approximate surface area is 134 Å². The molecular weight excluding hydrogens is 288 g/mol. The maximum absolute atomic E-state index is 12.5. The molecule has 0 saturated carbocycles. The van der Waals surface area contributed by atoms with E-state index in [-0.39, 0.29) is 11.9 Å². The second kappa shape index (κ2) is 5.64. The Bertz CT molecular complexity index is 802. The lowest BCUT2D eigenvalue weighted by molar-refractivity contribution is 0.0618. The number of carbonyl (C=O) groups excluding carboxylic acids is 1. The number of rotatable bonds is 2. The minimum atomic E-state index is -0.118. The number of nitriles is 1. The third-order valence-corrected chi connectivity index (χ3v) is 5.06. The van der Waals surface area contributed by atoms with Crippen LogP contribution in [0.2, 0.25) is 0 Å². The van der Waals surface area contributed by atoms with Crippen LogP contribution < -0.4 is 5.32 Å². The van der Waals surface area contributed by atoms with Crippen molar-refractivity contribution in [3.8, 4) is 6.07 Å². The van der Waals surface area contributed by atoms with Gasteiger partial charge in [0.1, 0.15) is 5.69 Å². The fraction of sp³-hybridized carbons (Fsp3) is 0.389. The van der Waals surface area contributed by atoms with E-state index < -0.39 is 0 Å². The molecule has 1 amide bonds. The van der Waals surface area contributed by atoms with Crippen molar-refractivity contribution in [3.63, 3.8) is 0 Å². The van der Waals surface area contributed by atoms with Crippen LogP contribution in [0.4, 0.5) is 0 Å². The first-order valence-electron chi connectivity index (χ1n) is 8.06. The highest BCUT2D eigenvalue weighted by Gasteiger charge is 2.35. The Morgan fingerprint density at radius 3 is 2.78 bits per heavy atom. The van der Waals surface area contributed by atoms with Crippen molar-refractivity contribution in [3.05, 3.63) is 41.7 Å². The van der Waals surface area contributed by atoms with Crippen LogP contribution in [0, 0.1) is 17.2 Å². The third kappa shape index (κ3) is 2.66. The van der Waals surface area contributed by atoms with Gasteiger partial charge in [0.2, 0.25) is 0 Å². The number of amides is 1. The predicted octanol–water partition coefficient (Wildman–Crippen LogP) is 1.93. The zero-order chi connectivity index (χ0) is 15.8. The maximum Gasteiger partial charge on any atom is 0.270 e. The lowest BCUT2D eigenvalue weighted by Crippen LogP contribution is -2.57. The lowest BCUT2D eigenvalue weighted by atomic mass is 9.84. The van der Waals surface area contributed by atoms with E-state index in [1.807, 2.05) is 6.07 Å². The molecule has 2 bridgehead atoms. The molecule has 3 saturated heterocycles. The molecule has 116 valence electrons. The Balaban J connectivity index is 1.56. The Kier molecular flexibility index (Phi) is 3.47. The van der Waals surface area contributed by atoms with Gasteiger partial charge in [0.05, 0.1) is 11.6 Å². The minimum Gasteiger partial charge on any atom is -0.346 e. The van der Waals surface area contributed by atoms with Crippen LogP contribution in [-0.4, -0.2) is 41.5 Å². The maximum atomic E-state index is 12.5. The van der Waals surface area contributed by atoms with Crippen LogP contribution in [0.1, 0.15) is 28.9 Å². The summed E-state index contributed by atoms with van der Waals surface area (Å²) < 4.78 is 0. The third-order valence-electron chi connectivity index (χ3n) is 5.06. The summed E-state index contributed by atoms with van der Waals surface area (Å²) in [4.78, 5) is 19.2. The van der Waals surface area contributed by atoms with E-state index in [0.717, 1.165) is 30.4 Å². The molecule has 1 aromatic carbocycles. The fourth-order valence-corrected chi connectivity index (χ4v) is 3.71. The molecule has 0 radical (unpaired) electrons. The van der Waals surface area contributed by atoms with E-state index in [0.29, 0.717) is 17.2 Å². The van der Waals surface area contributed by atoms with E-state index in [4.69, 9.17) is 5.26 Å². The molecule has 1 N–H and O–H groups in total. The van der Waals surface area contributed by atoms with Crippen molar-refractivity contribution in [1.82, 2.24) is 15.2 Å². The van der Waals surface area contributed by atoms with Crippen molar-refractivity contribution in [1.29, 1.82) is 5.26 Å². The van der Waals surface area contributed by atoms with Crippen LogP contribution in [0.3, 0.4) is 0 Å². The molecule has 0 aliphatic carbocycles. The summed E-state index contributed by atoms with van der Waals surface area (Å²) in [6.07, 6.45) is 4.03. The second-order valence-corrected chi connectivity index (χ2v) is 6.46. The SMILES string of the molecule is N#Cc1ccc2cnc(C(=O)NC3CN4CCC3CC4)cc2c1. The van der Waals surface area contributed by atoms with Crippen LogP contribution in [0.5, 0.6) is 0 Å². The largest absolute Gasteiger partial charge is 0.346 e. The Morgan fingerprint density at radius 2 is 2.09 bits per heavy atom. The van der Waals surface area contributed by atoms with Crippen LogP contribution in [-0.2, 0) is 0 Å². The zero-order valence-corrected chi connectivity index (χ0v) is 12.8. The van der Waals surface area contributed by atoms with E-state index in [1.165, 1.54) is 12.8 Å². The summed E-state index contributed by atoms with van der Waals surface area (Å²) in [7, 11) is 0. The van der Waals surface area contributed by atoms with Crippen molar-refractivity contribution in [2.75, 3.05) is 19.6 Å². The molecule has 4 heterocycles. The topological polar surface area (TPSA) is 69.0 Å². The van der Waals surface area contributed by atoms with Crippen molar-refractivity contribution < 1.29 is 4.79 Å². The quantitative estimate of drug-likeness (QED) is 0.920. The molecule has 1 aromatic heterocycles. The number of nitrogens with zero attached hydrogens (tertiary/aromatic N) is 3. The molecule has 5 rings (SSSR count). The summed E-state index contributed by atoms with van der Waals surface area (Å²) >= 11 is 0. The zero-order valence-electron chi connectivity index (χ0n) is 12.8. The average Bonchev–Trinajstić information content (AvgIpc) is 2.61. The molecule has 1 atom stereocenters. The number of benzene rings is 1. The van der Waals surface area contributed by atoms with Gasteiger partial charge in [0.15, 0.2) is 0 Å². The summed E-state index contributed by atoms with van der Waals surface area (Å²) in [6, 6.07) is 9.54. The monoisotopic (exact) mass is 306 g/mol. The summed E-state index contributed by atoms with van der Waals surface area (Å²) in [5, 5.41) is 14.0. The number of carbonyl (C=O) groups is 1. The number of pyridine rings is 1. The molecular formula is C18H18N4O. The van der Waals surface area contributed by atoms with E-state index in [9.17, 15) is 4.79 Å². The first-order valence-corrected chi connectivity index (χ1v) is 8.06. The van der Waals surface area contributed by atoms with Crippen molar-refractivity contribution in [2.24, 2.45) is 5.92 Å². The van der Waals surface area contributed by atoms with E-state index in [2.05, 4.69) is 21.3 Å². The minimum absolute atomic E-state index is 0.118. The van der Waals surface area contributed by atoms with Gasteiger partial charge in [0, 0.05) is 24.2 Å². The predicted molar refractivity (Wildman–Crippen MR) is 86.9 cm³/mol. The highest BCUT2D eigenvalue weighted by atomic mass is 16.1. The van der Waals surface area contributed by atoms with Gasteiger partial charge in [-0.1, -0.05) is 6.07 Å². The lowest BCUT2D eigenvalue weighted by Gasteiger charge is -2.44. The molecule has 2 aromatic rings. The molecule has 1 unspecified atom stereocenters. The molecule has 3 fully saturated rings. The first kappa shape index (κ1) is 14.2. The smallest absolute Gasteiger partial charge is 0.270 e. The van der Waals surface area contributed by atoms with Gasteiger partial charge in [-0.25, -0.2) is 0 Å². The van der Waals surface area contributed by atoms with Gasteiger partial charge in [-0.3, -0.25) is 9.78 Å². The average molecular weight is 306 g/mol. The number of hydrogen-bond acceptors (Lipinski definition) is 4. The summed E-state index contributed by atoms with van der Waals surface area (Å²) in [5.74, 6) is 0.475. The number of fused-ring (bicyclic) bond motifs is 4. The molecule has 0 spiro atoms. The number of aromatic nitrogens is 1. The van der Waals surface area contributed by atoms with Crippen LogP contribution >= 0.6 is 0 Å². The van der Waals surface area contributed by atoms with Gasteiger partial charge < -0.3 is 10.2 Å². The Hall–Kier alpha value is -2.45. The normalized spacial score (nSPS) is 26.0. The number of hydrogen-bond donors (Lipinski definition) is 1. The van der Waals surface area contributed by atoms with Gasteiger partial charge in [0.25, 0.3) is 5.91 Å². The number of nitrogens with one attached hydrogen (secondary N) is 1. The van der Waals surface area contributed by atoms with Crippen LogP contribution in [0.25, 0.3) is 10.8 Å². The van der Waals surface area contributed by atoms with Gasteiger partial charge >= 0.3 is 0 Å². The molecule has 23 heavy (non-hydrogen) atoms. The van der Waals surface area contributed by atoms with Crippen molar-refractivity contribution in [2.45, 2.75) is 18.9 Å². The Morgan fingerprint density at radius 1 is 1.26 bits per heavy atom. The fourth-order valence-electron chi connectivity index (χ4n) is 3.71. The molecule has 3 aliphatic rings. The summed E-state index contributed by atoms with van der Waals surface area (Å²) in [6.45, 7) is 3.26. The highest BCUT2D eigenvalue weighted by Crippen LogP contribution is 2.27. The van der Waals surface area contributed by atoms with Crippen molar-refractivity contribution >= 4 is 16.7 Å². The van der Waals surface area contributed by atoms with E-state index in [1.54, 1.807) is 24.4 Å². The second-order valence-electron chi connectivity index (χ2n) is 6.46. The van der Waals surface area contributed by atoms with Crippen LogP contribution in [0.15, 0.2) is 30.5 Å². The standard InChI is InChI=1S/C18H18N4O/c19-9-12-1-2-14-10-20-16(8-15(14)7-12)18(23)21-17-11-22-5-3-13(17)4-6-22/h1-2,7-8,10,13,17H,3-6,11H2,(H,21,23). The van der Waals surface area contributed by atoms with E-state index >= 15 is 0 Å². The molecule has 3 aliphatic heterocycles. The molecule has 5 heteroatoms.